The molecule has 3 saturated heterocycles. The van der Waals surface area contributed by atoms with Crippen molar-refractivity contribution < 1.29 is 136 Å². The number of hydrogen-bond acceptors (Lipinski definition) is 29. The second kappa shape index (κ2) is 38.0. The molecule has 0 aromatic heterocycles. The van der Waals surface area contributed by atoms with Gasteiger partial charge in [0, 0.05) is 57.4 Å². The van der Waals surface area contributed by atoms with E-state index in [-0.39, 0.29) is 131 Å². The van der Waals surface area contributed by atoms with Gasteiger partial charge in [-0.15, -0.1) is 0 Å². The fourth-order valence-electron chi connectivity index (χ4n) is 8.53. The monoisotopic (exact) mass is 1190 g/mol. The molecule has 474 valence electrons. The maximum Gasteiger partial charge on any atom is 0.404 e. The number of aliphatic hydroxyl groups is 9. The molecule has 3 aliphatic rings. The Kier molecular flexibility index (Phi) is 33.0. The van der Waals surface area contributed by atoms with E-state index in [0.29, 0.717) is 0 Å². The lowest BCUT2D eigenvalue weighted by Gasteiger charge is -2.40. The molecule has 21 N–H and O–H groups in total. The van der Waals surface area contributed by atoms with Crippen LogP contribution in [0.3, 0.4) is 0 Å². The number of nitrogens with two attached hydrogens (primary N) is 4. The van der Waals surface area contributed by atoms with Gasteiger partial charge in [-0.25, -0.2) is 14.4 Å². The first-order chi connectivity index (χ1) is 39.1. The molecule has 0 aromatic rings. The van der Waals surface area contributed by atoms with Gasteiger partial charge in [0.2, 0.25) is 23.6 Å². The second-order valence-electron chi connectivity index (χ2n) is 18.7. The Morgan fingerprint density at radius 2 is 0.707 bits per heavy atom. The van der Waals surface area contributed by atoms with Gasteiger partial charge in [0.1, 0.15) is 54.9 Å². The number of hydrogen-bond donors (Lipinski definition) is 17. The van der Waals surface area contributed by atoms with Crippen LogP contribution in [0.1, 0.15) is 44.9 Å². The zero-order chi connectivity index (χ0) is 60.8. The van der Waals surface area contributed by atoms with Crippen molar-refractivity contribution in [3.05, 3.63) is 0 Å². The van der Waals surface area contributed by atoms with Crippen LogP contribution in [0.5, 0.6) is 0 Å². The highest BCUT2D eigenvalue weighted by Crippen LogP contribution is 2.29. The molecule has 36 nitrogen and oxygen atoms in total. The van der Waals surface area contributed by atoms with Gasteiger partial charge in [0.25, 0.3) is 0 Å². The van der Waals surface area contributed by atoms with E-state index >= 15 is 0 Å². The third kappa shape index (κ3) is 24.6. The summed E-state index contributed by atoms with van der Waals surface area (Å²) < 4.78 is 63.2. The summed E-state index contributed by atoms with van der Waals surface area (Å²) >= 11 is 0. The van der Waals surface area contributed by atoms with E-state index in [2.05, 4.69) is 21.3 Å². The van der Waals surface area contributed by atoms with Crippen molar-refractivity contribution in [3.8, 4) is 0 Å². The van der Waals surface area contributed by atoms with Crippen LogP contribution in [0, 0.1) is 0 Å². The highest BCUT2D eigenvalue weighted by Gasteiger charge is 2.49. The van der Waals surface area contributed by atoms with Crippen molar-refractivity contribution in [1.82, 2.24) is 21.3 Å². The van der Waals surface area contributed by atoms with Crippen LogP contribution in [-0.2, 0) is 76.0 Å². The molecule has 3 rings (SSSR count). The zero-order valence-electron chi connectivity index (χ0n) is 45.0. The molecule has 3 fully saturated rings. The molecule has 0 spiro atoms. The quantitative estimate of drug-likeness (QED) is 0.0201. The Balaban J connectivity index is 1.55. The van der Waals surface area contributed by atoms with Crippen molar-refractivity contribution in [3.63, 3.8) is 0 Å². The van der Waals surface area contributed by atoms with Crippen LogP contribution in [0.25, 0.3) is 0 Å². The minimum Gasteiger partial charge on any atom is -0.441 e. The Morgan fingerprint density at radius 3 is 0.963 bits per heavy atom. The molecule has 0 unspecified atom stereocenters. The Labute approximate surface area is 469 Å². The first kappa shape index (κ1) is 71.2. The summed E-state index contributed by atoms with van der Waals surface area (Å²) in [6.45, 7) is -3.14. The molecule has 15 atom stereocenters. The van der Waals surface area contributed by atoms with Gasteiger partial charge in [-0.05, 0) is 19.3 Å². The van der Waals surface area contributed by atoms with Crippen LogP contribution < -0.4 is 44.2 Å². The van der Waals surface area contributed by atoms with Gasteiger partial charge >= 0.3 is 18.3 Å². The van der Waals surface area contributed by atoms with Crippen molar-refractivity contribution in [2.45, 2.75) is 143 Å². The summed E-state index contributed by atoms with van der Waals surface area (Å²) in [6.07, 6.45) is -27.5. The number of aliphatic hydroxyl groups excluding tert-OH is 9. The molecule has 0 saturated carbocycles. The maximum absolute atomic E-state index is 13.2. The topological polar surface area (TPSA) is 565 Å². The third-order valence-electron chi connectivity index (χ3n) is 12.7. The Morgan fingerprint density at radius 1 is 0.415 bits per heavy atom. The number of ether oxygens (including phenoxy) is 12. The first-order valence-electron chi connectivity index (χ1n) is 26.3. The molecular weight excluding hydrogens is 1110 g/mol. The molecule has 3 aliphatic heterocycles. The summed E-state index contributed by atoms with van der Waals surface area (Å²) in [4.78, 5) is 86.7. The highest BCUT2D eigenvalue weighted by molar-refractivity contribution is 5.80. The first-order valence-corrected chi connectivity index (χ1v) is 26.3. The number of amides is 7. The minimum atomic E-state index is -1.67. The minimum absolute atomic E-state index is 0.0115. The van der Waals surface area contributed by atoms with Crippen LogP contribution in [0.2, 0.25) is 0 Å². The van der Waals surface area contributed by atoms with Gasteiger partial charge in [-0.2, -0.15) is 0 Å². The van der Waals surface area contributed by atoms with E-state index in [1.54, 1.807) is 0 Å². The smallest absolute Gasteiger partial charge is 0.404 e. The fraction of sp³-hybridized carbons (Fsp3) is 0.848. The van der Waals surface area contributed by atoms with Gasteiger partial charge < -0.3 is 147 Å². The van der Waals surface area contributed by atoms with E-state index in [1.807, 2.05) is 0 Å². The standard InChI is InChI=1S/C46H82N8O28/c47-8-4-30(61)54-46(5-1-27(58)51-9-12-71-15-18-74-40-34(65)37(80-43(48)68)31(62)24(21-55)77-40,6-2-28(59)52-10-13-72-16-19-75-41-35(66)38(81-44(49)69)32(63)25(22-56)78-41)7-3-29(60)53-11-14-73-17-20-76-42-36(67)39(82-45(50)70)33(64)26(23-57)79-42/h24-26,31-42,55-57,62-67H,1-23,47H2,(H2,48,68)(H2,49,69)(H2,50,70)(H,51,58)(H,52,59)(H,53,60)(H,54,61)/t24-,25-,26-,31-,32-,33-,34+,35+,36+,37+,38+,39+,40+,41+,42+/m1/s1. The normalized spacial score (nSPS) is 28.3. The van der Waals surface area contributed by atoms with Crippen LogP contribution in [-0.4, -0.2) is 291 Å². The number of carbonyl (C=O) groups is 7. The molecular formula is C46H82N8O28. The van der Waals surface area contributed by atoms with E-state index in [0.717, 1.165) is 0 Å². The Hall–Kier alpha value is -5.07. The van der Waals surface area contributed by atoms with Crippen LogP contribution in [0.15, 0.2) is 0 Å². The van der Waals surface area contributed by atoms with Crippen molar-refractivity contribution in [1.29, 1.82) is 0 Å². The largest absolute Gasteiger partial charge is 0.441 e. The number of nitrogens with one attached hydrogen (secondary N) is 4. The van der Waals surface area contributed by atoms with E-state index in [4.69, 9.17) is 79.8 Å². The Bertz CT molecular complexity index is 1750. The molecule has 0 radical (unpaired) electrons. The third-order valence-corrected chi connectivity index (χ3v) is 12.7. The summed E-state index contributed by atoms with van der Waals surface area (Å²) in [5, 5.41) is 102. The summed E-state index contributed by atoms with van der Waals surface area (Å²) in [5.74, 6) is -2.01. The van der Waals surface area contributed by atoms with Gasteiger partial charge in [0.05, 0.1) is 79.3 Å². The molecule has 36 heteroatoms. The summed E-state index contributed by atoms with van der Waals surface area (Å²) in [5.41, 5.74) is 19.4. The molecule has 0 aliphatic carbocycles. The van der Waals surface area contributed by atoms with E-state index in [9.17, 15) is 79.5 Å². The number of primary amides is 3. The zero-order valence-corrected chi connectivity index (χ0v) is 45.0. The summed E-state index contributed by atoms with van der Waals surface area (Å²) in [7, 11) is 0. The SMILES string of the molecule is NCCC(=O)NC(CCC(=O)NCCOCCO[C@H]1O[C@H](CO)[C@@H](O)[C@H](OC(N)=O)[C@@H]1O)(CCC(=O)NCCOCCO[C@H]1O[C@H](CO)[C@@H](O)[C@H](OC(N)=O)[C@@H]1O)CCC(=O)NCCOCCO[C@H]1O[C@H](CO)[C@@H](O)[C@H](OC(N)=O)[C@@H]1O. The lowest BCUT2D eigenvalue weighted by molar-refractivity contribution is -0.301. The van der Waals surface area contributed by atoms with Crippen LogP contribution >= 0.6 is 0 Å². The average molecular weight is 1200 g/mol. The number of rotatable bonds is 39. The second-order valence-corrected chi connectivity index (χ2v) is 18.7. The maximum atomic E-state index is 13.2. The molecule has 7 amide bonds. The number of carbonyl (C=O) groups excluding carboxylic acids is 7. The lowest BCUT2D eigenvalue weighted by Crippen LogP contribution is -2.60. The average Bonchev–Trinajstić information content (AvgIpc) is 3.46. The van der Waals surface area contributed by atoms with Crippen molar-refractivity contribution >= 4 is 41.9 Å². The predicted molar refractivity (Wildman–Crippen MR) is 268 cm³/mol. The molecule has 0 bridgehead atoms. The van der Waals surface area contributed by atoms with Gasteiger partial charge in [-0.1, -0.05) is 0 Å². The van der Waals surface area contributed by atoms with Gasteiger partial charge in [-0.3, -0.25) is 19.2 Å². The molecule has 82 heavy (non-hydrogen) atoms. The fourth-order valence-corrected chi connectivity index (χ4v) is 8.53. The van der Waals surface area contributed by atoms with Crippen LogP contribution in [0.4, 0.5) is 14.4 Å². The van der Waals surface area contributed by atoms with Crippen molar-refractivity contribution in [2.75, 3.05) is 105 Å². The predicted octanol–water partition coefficient (Wildman–Crippen LogP) is -9.31. The van der Waals surface area contributed by atoms with E-state index in [1.165, 1.54) is 0 Å². The lowest BCUT2D eigenvalue weighted by atomic mass is 9.83. The van der Waals surface area contributed by atoms with Crippen molar-refractivity contribution in [2.24, 2.45) is 22.9 Å². The van der Waals surface area contributed by atoms with E-state index < -0.39 is 159 Å². The van der Waals surface area contributed by atoms with Gasteiger partial charge in [0.15, 0.2) is 37.2 Å². The molecule has 0 aromatic carbocycles. The summed E-state index contributed by atoms with van der Waals surface area (Å²) in [6, 6.07) is 0. The molecule has 3 heterocycles. The highest BCUT2D eigenvalue weighted by atomic mass is 16.7.